The molecule has 1 saturated heterocycles. The van der Waals surface area contributed by atoms with Gasteiger partial charge in [0.1, 0.15) is 5.75 Å². The van der Waals surface area contributed by atoms with Crippen molar-refractivity contribution in [3.05, 3.63) is 29.3 Å². The van der Waals surface area contributed by atoms with Gasteiger partial charge in [-0.2, -0.15) is 0 Å². The summed E-state index contributed by atoms with van der Waals surface area (Å²) in [5.41, 5.74) is 0. The van der Waals surface area contributed by atoms with Crippen molar-refractivity contribution in [3.8, 4) is 5.75 Å². The normalized spacial score (nSPS) is 21.4. The van der Waals surface area contributed by atoms with Crippen LogP contribution < -0.4 is 4.74 Å². The van der Waals surface area contributed by atoms with Crippen LogP contribution in [0.1, 0.15) is 6.42 Å². The van der Waals surface area contributed by atoms with Crippen LogP contribution >= 0.6 is 11.6 Å². The van der Waals surface area contributed by atoms with E-state index in [0.717, 1.165) is 25.4 Å². The fourth-order valence-corrected chi connectivity index (χ4v) is 2.20. The van der Waals surface area contributed by atoms with Gasteiger partial charge in [0.05, 0.1) is 6.61 Å². The van der Waals surface area contributed by atoms with Gasteiger partial charge in [-0.1, -0.05) is 17.7 Å². The number of halogens is 1. The molecule has 4 heteroatoms. The molecule has 17 heavy (non-hydrogen) atoms. The highest BCUT2D eigenvalue weighted by Crippen LogP contribution is 2.24. The van der Waals surface area contributed by atoms with Gasteiger partial charge < -0.3 is 14.6 Å². The van der Waals surface area contributed by atoms with Gasteiger partial charge in [-0.15, -0.1) is 0 Å². The molecule has 0 bridgehead atoms. The summed E-state index contributed by atoms with van der Waals surface area (Å²) in [6.45, 7) is 2.15. The average molecular weight is 257 g/mol. The number of rotatable bonds is 5. The van der Waals surface area contributed by atoms with Crippen LogP contribution in [0.25, 0.3) is 0 Å². The Morgan fingerprint density at radius 2 is 2.41 bits per heavy atom. The van der Waals surface area contributed by atoms with Crippen LogP contribution in [0.5, 0.6) is 5.75 Å². The van der Waals surface area contributed by atoms with Crippen molar-refractivity contribution in [2.75, 3.05) is 26.4 Å². The lowest BCUT2D eigenvalue weighted by Crippen LogP contribution is -2.25. The van der Waals surface area contributed by atoms with Crippen LogP contribution in [0, 0.1) is 11.8 Å². The van der Waals surface area contributed by atoms with E-state index in [1.165, 1.54) is 0 Å². The summed E-state index contributed by atoms with van der Waals surface area (Å²) < 4.78 is 11.0. The highest BCUT2D eigenvalue weighted by Gasteiger charge is 2.25. The Labute approximate surface area is 106 Å². The number of aliphatic hydroxyl groups excluding tert-OH is 1. The lowest BCUT2D eigenvalue weighted by atomic mass is 9.93. The van der Waals surface area contributed by atoms with E-state index in [0.29, 0.717) is 17.5 Å². The molecule has 94 valence electrons. The van der Waals surface area contributed by atoms with Gasteiger partial charge in [0.25, 0.3) is 0 Å². The zero-order chi connectivity index (χ0) is 12.1. The molecular weight excluding hydrogens is 240 g/mol. The van der Waals surface area contributed by atoms with Crippen molar-refractivity contribution in [2.24, 2.45) is 11.8 Å². The van der Waals surface area contributed by atoms with Gasteiger partial charge in [-0.25, -0.2) is 0 Å². The standard InChI is InChI=1S/C13H17ClO3/c14-12-2-1-3-13(6-12)17-9-11(7-15)10-4-5-16-8-10/h1-3,6,10-11,15H,4-5,7-9H2. The van der Waals surface area contributed by atoms with E-state index in [9.17, 15) is 5.11 Å². The second-order valence-corrected chi connectivity index (χ2v) is 4.77. The summed E-state index contributed by atoms with van der Waals surface area (Å²) in [5.74, 6) is 1.28. The quantitative estimate of drug-likeness (QED) is 0.879. The van der Waals surface area contributed by atoms with Gasteiger partial charge in [0.2, 0.25) is 0 Å². The molecule has 1 aromatic rings. The summed E-state index contributed by atoms with van der Waals surface area (Å²) in [6, 6.07) is 7.31. The summed E-state index contributed by atoms with van der Waals surface area (Å²) in [7, 11) is 0. The van der Waals surface area contributed by atoms with Crippen LogP contribution in [0.4, 0.5) is 0 Å². The molecule has 0 spiro atoms. The summed E-state index contributed by atoms with van der Waals surface area (Å²) in [4.78, 5) is 0. The summed E-state index contributed by atoms with van der Waals surface area (Å²) in [6.07, 6.45) is 1.00. The molecule has 0 saturated carbocycles. The first-order valence-electron chi connectivity index (χ1n) is 5.86. The lowest BCUT2D eigenvalue weighted by molar-refractivity contribution is 0.102. The predicted octanol–water partition coefficient (Wildman–Crippen LogP) is 2.36. The maximum absolute atomic E-state index is 9.36. The maximum atomic E-state index is 9.36. The minimum atomic E-state index is 0.134. The van der Waals surface area contributed by atoms with Crippen molar-refractivity contribution in [2.45, 2.75) is 6.42 Å². The first-order valence-corrected chi connectivity index (χ1v) is 6.24. The van der Waals surface area contributed by atoms with E-state index in [4.69, 9.17) is 21.1 Å². The zero-order valence-electron chi connectivity index (χ0n) is 9.64. The first kappa shape index (κ1) is 12.7. The first-order chi connectivity index (χ1) is 8.29. The molecule has 0 amide bonds. The Morgan fingerprint density at radius 3 is 3.06 bits per heavy atom. The fraction of sp³-hybridized carbons (Fsp3) is 0.538. The topological polar surface area (TPSA) is 38.7 Å². The number of aliphatic hydroxyl groups is 1. The van der Waals surface area contributed by atoms with Gasteiger partial charge in [-0.05, 0) is 30.5 Å². The van der Waals surface area contributed by atoms with Crippen molar-refractivity contribution < 1.29 is 14.6 Å². The van der Waals surface area contributed by atoms with E-state index in [1.807, 2.05) is 18.2 Å². The van der Waals surface area contributed by atoms with Gasteiger partial charge >= 0.3 is 0 Å². The molecule has 0 radical (unpaired) electrons. The molecule has 1 fully saturated rings. The molecule has 2 atom stereocenters. The highest BCUT2D eigenvalue weighted by molar-refractivity contribution is 6.30. The average Bonchev–Trinajstić information content (AvgIpc) is 2.84. The zero-order valence-corrected chi connectivity index (χ0v) is 10.4. The van der Waals surface area contributed by atoms with E-state index in [2.05, 4.69) is 0 Å². The number of ether oxygens (including phenoxy) is 2. The van der Waals surface area contributed by atoms with Crippen LogP contribution in [0.3, 0.4) is 0 Å². The van der Waals surface area contributed by atoms with E-state index >= 15 is 0 Å². The Bertz CT molecular complexity index is 350. The third-order valence-corrected chi connectivity index (χ3v) is 3.36. The molecule has 2 rings (SSSR count). The summed E-state index contributed by atoms with van der Waals surface area (Å²) in [5, 5.41) is 10.0. The Morgan fingerprint density at radius 1 is 1.53 bits per heavy atom. The maximum Gasteiger partial charge on any atom is 0.120 e. The summed E-state index contributed by atoms with van der Waals surface area (Å²) >= 11 is 5.87. The molecule has 0 aromatic heterocycles. The van der Waals surface area contributed by atoms with E-state index < -0.39 is 0 Å². The number of benzene rings is 1. The molecule has 1 aromatic carbocycles. The van der Waals surface area contributed by atoms with Crippen molar-refractivity contribution in [1.82, 2.24) is 0 Å². The fourth-order valence-electron chi connectivity index (χ4n) is 2.02. The largest absolute Gasteiger partial charge is 0.493 e. The lowest BCUT2D eigenvalue weighted by Gasteiger charge is -2.20. The van der Waals surface area contributed by atoms with E-state index in [1.54, 1.807) is 6.07 Å². The van der Waals surface area contributed by atoms with Crippen molar-refractivity contribution in [3.63, 3.8) is 0 Å². The Kier molecular flexibility index (Phi) is 4.66. The molecule has 1 heterocycles. The monoisotopic (exact) mass is 256 g/mol. The van der Waals surface area contributed by atoms with Crippen LogP contribution in [-0.4, -0.2) is 31.5 Å². The molecule has 3 nitrogen and oxygen atoms in total. The van der Waals surface area contributed by atoms with Gasteiger partial charge in [0.15, 0.2) is 0 Å². The molecule has 1 N–H and O–H groups in total. The highest BCUT2D eigenvalue weighted by atomic mass is 35.5. The molecule has 1 aliphatic heterocycles. The number of hydrogen-bond acceptors (Lipinski definition) is 3. The predicted molar refractivity (Wildman–Crippen MR) is 66.4 cm³/mol. The second-order valence-electron chi connectivity index (χ2n) is 4.33. The van der Waals surface area contributed by atoms with Gasteiger partial charge in [0, 0.05) is 30.8 Å². The Balaban J connectivity index is 1.87. The second kappa shape index (κ2) is 6.24. The van der Waals surface area contributed by atoms with Crippen LogP contribution in [0.2, 0.25) is 5.02 Å². The van der Waals surface area contributed by atoms with Gasteiger partial charge in [-0.3, -0.25) is 0 Å². The van der Waals surface area contributed by atoms with Crippen molar-refractivity contribution in [1.29, 1.82) is 0 Å². The molecule has 2 unspecified atom stereocenters. The SMILES string of the molecule is OCC(COc1cccc(Cl)c1)C1CCOC1. The van der Waals surface area contributed by atoms with Crippen LogP contribution in [-0.2, 0) is 4.74 Å². The van der Waals surface area contributed by atoms with Crippen molar-refractivity contribution >= 4 is 11.6 Å². The third-order valence-electron chi connectivity index (χ3n) is 3.13. The van der Waals surface area contributed by atoms with E-state index in [-0.39, 0.29) is 12.5 Å². The Hall–Kier alpha value is -0.770. The third kappa shape index (κ3) is 3.60. The molecule has 1 aliphatic rings. The molecule has 0 aliphatic carbocycles. The number of hydrogen-bond donors (Lipinski definition) is 1. The van der Waals surface area contributed by atoms with Crippen LogP contribution in [0.15, 0.2) is 24.3 Å². The minimum absolute atomic E-state index is 0.134. The smallest absolute Gasteiger partial charge is 0.120 e. The molecular formula is C13H17ClO3. The minimum Gasteiger partial charge on any atom is -0.493 e.